The van der Waals surface area contributed by atoms with E-state index in [-0.39, 0.29) is 5.92 Å². The predicted octanol–water partition coefficient (Wildman–Crippen LogP) is 2.02. The van der Waals surface area contributed by atoms with Crippen LogP contribution in [-0.4, -0.2) is 36.5 Å². The second-order valence-corrected chi connectivity index (χ2v) is 5.76. The molecule has 0 aromatic heterocycles. The highest BCUT2D eigenvalue weighted by Crippen LogP contribution is 2.23. The minimum atomic E-state index is 0.240. The van der Waals surface area contributed by atoms with Crippen molar-refractivity contribution >= 4 is 5.91 Å². The molecule has 17 heavy (non-hydrogen) atoms. The lowest BCUT2D eigenvalue weighted by Gasteiger charge is -2.36. The van der Waals surface area contributed by atoms with Gasteiger partial charge in [-0.15, -0.1) is 0 Å². The summed E-state index contributed by atoms with van der Waals surface area (Å²) in [5.74, 6) is 1.49. The molecule has 0 spiro atoms. The average Bonchev–Trinajstić information content (AvgIpc) is 2.39. The highest BCUT2D eigenvalue weighted by Gasteiger charge is 2.29. The largest absolute Gasteiger partial charge is 0.342 e. The van der Waals surface area contributed by atoms with Crippen molar-refractivity contribution in [1.29, 1.82) is 0 Å². The molecule has 0 aromatic rings. The fraction of sp³-hybridized carbons (Fsp3) is 0.929. The summed E-state index contributed by atoms with van der Waals surface area (Å²) in [5.41, 5.74) is 0. The molecular weight excluding hydrogens is 212 g/mol. The van der Waals surface area contributed by atoms with Gasteiger partial charge in [-0.05, 0) is 38.5 Å². The summed E-state index contributed by atoms with van der Waals surface area (Å²) in [6.45, 7) is 7.32. The molecule has 0 aromatic carbocycles. The summed E-state index contributed by atoms with van der Waals surface area (Å²) >= 11 is 0. The van der Waals surface area contributed by atoms with Crippen LogP contribution in [0.3, 0.4) is 0 Å². The number of hydrogen-bond acceptors (Lipinski definition) is 2. The van der Waals surface area contributed by atoms with E-state index in [4.69, 9.17) is 0 Å². The second-order valence-electron chi connectivity index (χ2n) is 5.76. The second kappa shape index (κ2) is 5.85. The van der Waals surface area contributed by atoms with E-state index in [1.54, 1.807) is 0 Å². The van der Waals surface area contributed by atoms with Gasteiger partial charge >= 0.3 is 0 Å². The Labute approximate surface area is 105 Å². The van der Waals surface area contributed by atoms with Crippen molar-refractivity contribution in [3.8, 4) is 0 Å². The van der Waals surface area contributed by atoms with Crippen molar-refractivity contribution < 1.29 is 4.79 Å². The van der Waals surface area contributed by atoms with Crippen molar-refractivity contribution in [2.24, 2.45) is 11.8 Å². The molecule has 1 N–H and O–H groups in total. The van der Waals surface area contributed by atoms with Gasteiger partial charge in [-0.25, -0.2) is 0 Å². The van der Waals surface area contributed by atoms with Gasteiger partial charge in [0.25, 0.3) is 0 Å². The number of nitrogens with one attached hydrogen (secondary N) is 1. The molecule has 3 nitrogen and oxygen atoms in total. The van der Waals surface area contributed by atoms with E-state index < -0.39 is 0 Å². The molecule has 3 heteroatoms. The number of carbonyl (C=O) groups excluding carboxylic acids is 1. The zero-order valence-electron chi connectivity index (χ0n) is 11.2. The Bertz CT molecular complexity index is 251. The maximum Gasteiger partial charge on any atom is 0.226 e. The van der Waals surface area contributed by atoms with Crippen molar-refractivity contribution in [3.63, 3.8) is 0 Å². The zero-order chi connectivity index (χ0) is 12.3. The quantitative estimate of drug-likeness (QED) is 0.798. The van der Waals surface area contributed by atoms with E-state index in [0.717, 1.165) is 38.4 Å². The fourth-order valence-corrected chi connectivity index (χ4v) is 3.03. The van der Waals surface area contributed by atoms with Gasteiger partial charge in [-0.1, -0.05) is 13.3 Å². The fourth-order valence-electron chi connectivity index (χ4n) is 3.03. The average molecular weight is 238 g/mol. The highest BCUT2D eigenvalue weighted by molar-refractivity contribution is 5.79. The third-order valence-electron chi connectivity index (χ3n) is 4.51. The molecule has 2 fully saturated rings. The van der Waals surface area contributed by atoms with Crippen LogP contribution in [0, 0.1) is 11.8 Å². The van der Waals surface area contributed by atoms with E-state index in [1.807, 2.05) is 0 Å². The monoisotopic (exact) mass is 238 g/mol. The number of likely N-dealkylation sites (tertiary alicyclic amines) is 1. The predicted molar refractivity (Wildman–Crippen MR) is 69.8 cm³/mol. The van der Waals surface area contributed by atoms with Crippen LogP contribution < -0.4 is 5.32 Å². The standard InChI is InChI=1S/C14H26N2O/c1-3-12-6-8-16(9-7-12)14(17)13-5-4-11(2)15-10-13/h11-13,15H,3-10H2,1-2H3. The molecule has 2 aliphatic heterocycles. The summed E-state index contributed by atoms with van der Waals surface area (Å²) in [7, 11) is 0. The lowest BCUT2D eigenvalue weighted by molar-refractivity contribution is -0.137. The van der Waals surface area contributed by atoms with Crippen LogP contribution in [0.15, 0.2) is 0 Å². The van der Waals surface area contributed by atoms with Crippen LogP contribution in [0.25, 0.3) is 0 Å². The van der Waals surface area contributed by atoms with Gasteiger partial charge in [0.1, 0.15) is 0 Å². The van der Waals surface area contributed by atoms with Crippen LogP contribution in [-0.2, 0) is 4.79 Å². The number of hydrogen-bond donors (Lipinski definition) is 1. The minimum Gasteiger partial charge on any atom is -0.342 e. The third kappa shape index (κ3) is 3.21. The normalized spacial score (nSPS) is 31.5. The maximum absolute atomic E-state index is 12.3. The van der Waals surface area contributed by atoms with Gasteiger partial charge in [-0.2, -0.15) is 0 Å². The Balaban J connectivity index is 1.80. The Kier molecular flexibility index (Phi) is 4.43. The molecule has 2 rings (SSSR count). The minimum absolute atomic E-state index is 0.240. The summed E-state index contributed by atoms with van der Waals surface area (Å²) in [5, 5.41) is 3.42. The van der Waals surface area contributed by atoms with Crippen molar-refractivity contribution in [1.82, 2.24) is 10.2 Å². The molecule has 2 heterocycles. The Hall–Kier alpha value is -0.570. The Morgan fingerprint density at radius 1 is 1.24 bits per heavy atom. The molecule has 2 unspecified atom stereocenters. The highest BCUT2D eigenvalue weighted by atomic mass is 16.2. The first-order valence-corrected chi connectivity index (χ1v) is 7.23. The van der Waals surface area contributed by atoms with Crippen LogP contribution in [0.2, 0.25) is 0 Å². The van der Waals surface area contributed by atoms with Gasteiger partial charge in [-0.3, -0.25) is 4.79 Å². The van der Waals surface area contributed by atoms with Crippen LogP contribution >= 0.6 is 0 Å². The van der Waals surface area contributed by atoms with Crippen molar-refractivity contribution in [2.45, 2.75) is 52.0 Å². The molecule has 2 atom stereocenters. The molecular formula is C14H26N2O. The summed E-state index contributed by atoms with van der Waals surface area (Å²) < 4.78 is 0. The molecule has 0 radical (unpaired) electrons. The summed E-state index contributed by atoms with van der Waals surface area (Å²) in [6, 6.07) is 0.588. The number of piperidine rings is 2. The van der Waals surface area contributed by atoms with E-state index in [9.17, 15) is 4.79 Å². The van der Waals surface area contributed by atoms with Gasteiger partial charge in [0.05, 0.1) is 5.92 Å². The maximum atomic E-state index is 12.3. The van der Waals surface area contributed by atoms with Gasteiger partial charge in [0, 0.05) is 25.7 Å². The van der Waals surface area contributed by atoms with E-state index >= 15 is 0 Å². The van der Waals surface area contributed by atoms with Gasteiger partial charge in [0.15, 0.2) is 0 Å². The number of amides is 1. The van der Waals surface area contributed by atoms with Crippen molar-refractivity contribution in [3.05, 3.63) is 0 Å². The molecule has 0 saturated carbocycles. The van der Waals surface area contributed by atoms with E-state index in [0.29, 0.717) is 11.9 Å². The lowest BCUT2D eigenvalue weighted by atomic mass is 9.91. The zero-order valence-corrected chi connectivity index (χ0v) is 11.2. The first-order valence-electron chi connectivity index (χ1n) is 7.23. The topological polar surface area (TPSA) is 32.3 Å². The Morgan fingerprint density at radius 2 is 1.94 bits per heavy atom. The van der Waals surface area contributed by atoms with Crippen LogP contribution in [0.5, 0.6) is 0 Å². The van der Waals surface area contributed by atoms with Crippen LogP contribution in [0.1, 0.15) is 46.0 Å². The number of nitrogens with zero attached hydrogens (tertiary/aromatic N) is 1. The van der Waals surface area contributed by atoms with Crippen LogP contribution in [0.4, 0.5) is 0 Å². The third-order valence-corrected chi connectivity index (χ3v) is 4.51. The van der Waals surface area contributed by atoms with E-state index in [2.05, 4.69) is 24.1 Å². The Morgan fingerprint density at radius 3 is 2.47 bits per heavy atom. The summed E-state index contributed by atoms with van der Waals surface area (Å²) in [4.78, 5) is 14.4. The molecule has 2 saturated heterocycles. The molecule has 98 valence electrons. The first kappa shape index (κ1) is 12.9. The number of carbonyl (C=O) groups is 1. The smallest absolute Gasteiger partial charge is 0.226 e. The SMILES string of the molecule is CCC1CCN(C(=O)C2CCC(C)NC2)CC1. The van der Waals surface area contributed by atoms with Gasteiger partial charge < -0.3 is 10.2 Å². The first-order chi connectivity index (χ1) is 8.20. The number of rotatable bonds is 2. The lowest BCUT2D eigenvalue weighted by Crippen LogP contribution is -2.47. The van der Waals surface area contributed by atoms with E-state index in [1.165, 1.54) is 19.3 Å². The van der Waals surface area contributed by atoms with Gasteiger partial charge in [0.2, 0.25) is 5.91 Å². The molecule has 0 aliphatic carbocycles. The molecule has 1 amide bonds. The van der Waals surface area contributed by atoms with Crippen molar-refractivity contribution in [2.75, 3.05) is 19.6 Å². The molecule has 2 aliphatic rings. The summed E-state index contributed by atoms with van der Waals surface area (Å²) in [6.07, 6.45) is 5.89. The molecule has 0 bridgehead atoms.